The Morgan fingerprint density at radius 3 is 2.24 bits per heavy atom. The summed E-state index contributed by atoms with van der Waals surface area (Å²) in [6.07, 6.45) is 2.57. The minimum atomic E-state index is -0.978. The number of nitrogens with one attached hydrogen (secondary N) is 2. The van der Waals surface area contributed by atoms with Gasteiger partial charge in [0.05, 0.1) is 18.9 Å². The number of carbonyl (C=O) groups excluding carboxylic acids is 2. The van der Waals surface area contributed by atoms with E-state index >= 15 is 0 Å². The zero-order chi connectivity index (χ0) is 18.2. The molecule has 1 fully saturated rings. The Balaban J connectivity index is 1.76. The molecule has 3 N–H and O–H groups in total. The molecule has 0 aliphatic heterocycles. The summed E-state index contributed by atoms with van der Waals surface area (Å²) in [7, 11) is 1.55. The Labute approximate surface area is 145 Å². The van der Waals surface area contributed by atoms with Gasteiger partial charge < -0.3 is 14.6 Å². The number of carboxylic acid groups (broad SMARTS) is 1. The van der Waals surface area contributed by atoms with E-state index in [1.54, 1.807) is 31.4 Å². The molecule has 1 aromatic carbocycles. The highest BCUT2D eigenvalue weighted by atomic mass is 16.5. The molecular weight excluding hydrogens is 328 g/mol. The number of methoxy groups -OCH3 is 1. The summed E-state index contributed by atoms with van der Waals surface area (Å²) in [6.45, 7) is -0.278. The quantitative estimate of drug-likeness (QED) is 0.662. The van der Waals surface area contributed by atoms with E-state index in [-0.39, 0.29) is 6.61 Å². The largest absolute Gasteiger partial charge is 0.497 e. The Morgan fingerprint density at radius 2 is 1.64 bits per heavy atom. The van der Waals surface area contributed by atoms with Crippen LogP contribution in [0, 0.1) is 11.8 Å². The van der Waals surface area contributed by atoms with Crippen molar-refractivity contribution < 1.29 is 29.0 Å². The third-order valence-electron chi connectivity index (χ3n) is 4.17. The van der Waals surface area contributed by atoms with E-state index in [9.17, 15) is 19.5 Å². The van der Waals surface area contributed by atoms with Gasteiger partial charge in [0.15, 0.2) is 6.61 Å². The molecule has 1 aliphatic rings. The van der Waals surface area contributed by atoms with Gasteiger partial charge in [-0.25, -0.2) is 0 Å². The van der Waals surface area contributed by atoms with Crippen LogP contribution in [0.4, 0.5) is 0 Å². The standard InChI is InChI=1S/C17H22N2O6/c1-24-11-6-8-12(9-7-11)25-10-15(20)18-19-16(21)13-4-2-3-5-14(13)17(22)23/h6-9,13-14H,2-5,10H2,1H3,(H,18,20)(H,19,21)(H,22,23)/t13-,14+/m1/s1. The van der Waals surface area contributed by atoms with Crippen molar-refractivity contribution in [3.8, 4) is 11.5 Å². The summed E-state index contributed by atoms with van der Waals surface area (Å²) in [5.74, 6) is -2.17. The number of hydrogen-bond donors (Lipinski definition) is 3. The molecular formula is C17H22N2O6. The molecule has 0 spiro atoms. The summed E-state index contributed by atoms with van der Waals surface area (Å²) < 4.78 is 10.3. The fourth-order valence-electron chi connectivity index (χ4n) is 2.82. The molecule has 2 amide bonds. The van der Waals surface area contributed by atoms with Crippen molar-refractivity contribution in [3.05, 3.63) is 24.3 Å². The summed E-state index contributed by atoms with van der Waals surface area (Å²) in [4.78, 5) is 35.1. The molecule has 1 aliphatic carbocycles. The van der Waals surface area contributed by atoms with Crippen molar-refractivity contribution in [1.82, 2.24) is 10.9 Å². The van der Waals surface area contributed by atoms with E-state index in [2.05, 4.69) is 10.9 Å². The van der Waals surface area contributed by atoms with Gasteiger partial charge in [-0.05, 0) is 37.1 Å². The first kappa shape index (κ1) is 18.6. The maximum atomic E-state index is 12.1. The predicted octanol–water partition coefficient (Wildman–Crippen LogP) is 1.11. The van der Waals surface area contributed by atoms with Gasteiger partial charge in [-0.2, -0.15) is 0 Å². The Morgan fingerprint density at radius 1 is 1.04 bits per heavy atom. The molecule has 0 unspecified atom stereocenters. The third-order valence-corrected chi connectivity index (χ3v) is 4.17. The Kier molecular flexibility index (Phi) is 6.62. The first-order chi connectivity index (χ1) is 12.0. The highest BCUT2D eigenvalue weighted by Gasteiger charge is 2.35. The molecule has 8 heteroatoms. The van der Waals surface area contributed by atoms with E-state index in [0.717, 1.165) is 12.8 Å². The zero-order valence-corrected chi connectivity index (χ0v) is 14.0. The number of aliphatic carboxylic acids is 1. The maximum absolute atomic E-state index is 12.1. The van der Waals surface area contributed by atoms with Crippen LogP contribution in [-0.4, -0.2) is 36.6 Å². The van der Waals surface area contributed by atoms with Gasteiger partial charge in [0.1, 0.15) is 11.5 Å². The van der Waals surface area contributed by atoms with Crippen LogP contribution in [0.25, 0.3) is 0 Å². The van der Waals surface area contributed by atoms with Gasteiger partial charge in [-0.3, -0.25) is 25.2 Å². The summed E-state index contributed by atoms with van der Waals surface area (Å²) in [6, 6.07) is 6.71. The van der Waals surface area contributed by atoms with Gasteiger partial charge in [-0.15, -0.1) is 0 Å². The lowest BCUT2D eigenvalue weighted by Gasteiger charge is -2.27. The van der Waals surface area contributed by atoms with Crippen molar-refractivity contribution in [2.75, 3.05) is 13.7 Å². The van der Waals surface area contributed by atoms with Crippen LogP contribution in [0.5, 0.6) is 11.5 Å². The lowest BCUT2D eigenvalue weighted by Crippen LogP contribution is -2.49. The van der Waals surface area contributed by atoms with Crippen LogP contribution < -0.4 is 20.3 Å². The third kappa shape index (κ3) is 5.37. The van der Waals surface area contributed by atoms with Gasteiger partial charge in [0, 0.05) is 0 Å². The number of hydrogen-bond acceptors (Lipinski definition) is 5. The van der Waals surface area contributed by atoms with Gasteiger partial charge in [-0.1, -0.05) is 12.8 Å². The van der Waals surface area contributed by atoms with Crippen LogP contribution in [0.15, 0.2) is 24.3 Å². The number of amides is 2. The van der Waals surface area contributed by atoms with E-state index in [1.165, 1.54) is 0 Å². The monoisotopic (exact) mass is 350 g/mol. The smallest absolute Gasteiger partial charge is 0.307 e. The predicted molar refractivity (Wildman–Crippen MR) is 87.9 cm³/mol. The number of benzene rings is 1. The minimum Gasteiger partial charge on any atom is -0.497 e. The highest BCUT2D eigenvalue weighted by molar-refractivity contribution is 5.87. The number of carbonyl (C=O) groups is 3. The average molecular weight is 350 g/mol. The van der Waals surface area contributed by atoms with Crippen LogP contribution in [-0.2, 0) is 14.4 Å². The first-order valence-electron chi connectivity index (χ1n) is 8.09. The van der Waals surface area contributed by atoms with E-state index in [4.69, 9.17) is 9.47 Å². The number of rotatable bonds is 6. The SMILES string of the molecule is COc1ccc(OCC(=O)NNC(=O)[C@@H]2CCCC[C@@H]2C(=O)O)cc1. The number of carboxylic acids is 1. The second-order valence-corrected chi connectivity index (χ2v) is 5.84. The molecule has 0 bridgehead atoms. The molecule has 136 valence electrons. The maximum Gasteiger partial charge on any atom is 0.307 e. The van der Waals surface area contributed by atoms with Crippen molar-refractivity contribution in [3.63, 3.8) is 0 Å². The van der Waals surface area contributed by atoms with Crippen LogP contribution >= 0.6 is 0 Å². The van der Waals surface area contributed by atoms with Gasteiger partial charge in [0.25, 0.3) is 5.91 Å². The number of ether oxygens (including phenoxy) is 2. The molecule has 0 saturated heterocycles. The van der Waals surface area contributed by atoms with E-state index < -0.39 is 29.6 Å². The number of hydrazine groups is 1. The van der Waals surface area contributed by atoms with Crippen LogP contribution in [0.2, 0.25) is 0 Å². The fourth-order valence-corrected chi connectivity index (χ4v) is 2.82. The van der Waals surface area contributed by atoms with Crippen molar-refractivity contribution in [2.24, 2.45) is 11.8 Å². The molecule has 25 heavy (non-hydrogen) atoms. The second kappa shape index (κ2) is 8.91. The highest BCUT2D eigenvalue weighted by Crippen LogP contribution is 2.30. The van der Waals surface area contributed by atoms with Gasteiger partial charge in [0.2, 0.25) is 5.91 Å². The fraction of sp³-hybridized carbons (Fsp3) is 0.471. The van der Waals surface area contributed by atoms with Gasteiger partial charge >= 0.3 is 5.97 Å². The molecule has 2 atom stereocenters. The molecule has 1 saturated carbocycles. The van der Waals surface area contributed by atoms with Crippen molar-refractivity contribution in [2.45, 2.75) is 25.7 Å². The molecule has 0 radical (unpaired) electrons. The zero-order valence-electron chi connectivity index (χ0n) is 14.0. The van der Waals surface area contributed by atoms with Crippen LogP contribution in [0.3, 0.4) is 0 Å². The van der Waals surface area contributed by atoms with E-state index in [1.807, 2.05) is 0 Å². The van der Waals surface area contributed by atoms with Crippen molar-refractivity contribution in [1.29, 1.82) is 0 Å². The van der Waals surface area contributed by atoms with E-state index in [0.29, 0.717) is 24.3 Å². The topological polar surface area (TPSA) is 114 Å². The molecule has 0 heterocycles. The normalized spacial score (nSPS) is 19.6. The molecule has 0 aromatic heterocycles. The molecule has 1 aromatic rings. The average Bonchev–Trinajstić information content (AvgIpc) is 2.64. The first-order valence-corrected chi connectivity index (χ1v) is 8.09. The molecule has 2 rings (SSSR count). The summed E-state index contributed by atoms with van der Waals surface area (Å²) in [5.41, 5.74) is 4.54. The Bertz CT molecular complexity index is 616. The minimum absolute atomic E-state index is 0.278. The van der Waals surface area contributed by atoms with Crippen molar-refractivity contribution >= 4 is 17.8 Å². The van der Waals surface area contributed by atoms with Crippen LogP contribution in [0.1, 0.15) is 25.7 Å². The summed E-state index contributed by atoms with van der Waals surface area (Å²) >= 11 is 0. The lowest BCUT2D eigenvalue weighted by atomic mass is 9.79. The second-order valence-electron chi connectivity index (χ2n) is 5.84. The summed E-state index contributed by atoms with van der Waals surface area (Å²) in [5, 5.41) is 9.19. The Hall–Kier alpha value is -2.77. The molecule has 8 nitrogen and oxygen atoms in total. The lowest BCUT2D eigenvalue weighted by molar-refractivity contribution is -0.149.